The largest absolute Gasteiger partial charge is 0.494 e. The lowest BCUT2D eigenvalue weighted by Gasteiger charge is -2.20. The Morgan fingerprint density at radius 3 is 2.91 bits per heavy atom. The van der Waals surface area contributed by atoms with Gasteiger partial charge in [-0.3, -0.25) is 9.89 Å². The quantitative estimate of drug-likeness (QED) is 0.287. The van der Waals surface area contributed by atoms with Crippen LogP contribution in [0.4, 0.5) is 0 Å². The van der Waals surface area contributed by atoms with Crippen LogP contribution in [0.25, 0.3) is 0 Å². The van der Waals surface area contributed by atoms with Crippen LogP contribution in [-0.4, -0.2) is 49.7 Å². The smallest absolute Gasteiger partial charge is 0.188 e. The van der Waals surface area contributed by atoms with Crippen LogP contribution in [0.15, 0.2) is 35.3 Å². The number of halogens is 1. The third-order valence-corrected chi connectivity index (χ3v) is 4.02. The van der Waals surface area contributed by atoms with Gasteiger partial charge in [-0.25, -0.2) is 0 Å². The molecule has 1 aliphatic heterocycles. The van der Waals surface area contributed by atoms with Crippen molar-refractivity contribution in [3.05, 3.63) is 30.3 Å². The monoisotopic (exact) mass is 432 g/mol. The highest BCUT2D eigenvalue weighted by atomic mass is 127. The average Bonchev–Trinajstić information content (AvgIpc) is 3.01. The number of nitrogens with two attached hydrogens (primary N) is 1. The molecule has 2 rings (SSSR count). The molecule has 0 bridgehead atoms. The van der Waals surface area contributed by atoms with E-state index < -0.39 is 0 Å². The Balaban J connectivity index is 0.00000264. The zero-order valence-electron chi connectivity index (χ0n) is 13.9. The molecule has 1 atom stereocenters. The van der Waals surface area contributed by atoms with Gasteiger partial charge < -0.3 is 15.8 Å². The topological polar surface area (TPSA) is 62.9 Å². The number of nitrogens with one attached hydrogen (secondary N) is 1. The zero-order valence-corrected chi connectivity index (χ0v) is 16.2. The van der Waals surface area contributed by atoms with Gasteiger partial charge in [0.1, 0.15) is 5.75 Å². The van der Waals surface area contributed by atoms with Crippen molar-refractivity contribution in [1.29, 1.82) is 0 Å². The van der Waals surface area contributed by atoms with Crippen LogP contribution in [-0.2, 0) is 0 Å². The fraction of sp³-hybridized carbons (Fsp3) is 0.588. The number of guanidine groups is 1. The van der Waals surface area contributed by atoms with E-state index in [0.29, 0.717) is 18.6 Å². The van der Waals surface area contributed by atoms with E-state index in [1.807, 2.05) is 30.3 Å². The molecule has 0 amide bonds. The van der Waals surface area contributed by atoms with Gasteiger partial charge in [-0.15, -0.1) is 24.0 Å². The first-order chi connectivity index (χ1) is 10.8. The first-order valence-corrected chi connectivity index (χ1v) is 8.25. The summed E-state index contributed by atoms with van der Waals surface area (Å²) in [6.07, 6.45) is 3.41. The lowest BCUT2D eigenvalue weighted by atomic mass is 10.2. The molecule has 1 fully saturated rings. The normalized spacial score (nSPS) is 18.5. The summed E-state index contributed by atoms with van der Waals surface area (Å²) in [5, 5.41) is 3.15. The van der Waals surface area contributed by atoms with Crippen LogP contribution < -0.4 is 15.8 Å². The van der Waals surface area contributed by atoms with Crippen LogP contribution >= 0.6 is 24.0 Å². The Hall–Kier alpha value is -1.02. The first kappa shape index (κ1) is 20.0. The molecular formula is C17H29IN4O. The van der Waals surface area contributed by atoms with E-state index in [1.54, 1.807) is 0 Å². The summed E-state index contributed by atoms with van der Waals surface area (Å²) in [4.78, 5) is 6.94. The van der Waals surface area contributed by atoms with E-state index in [-0.39, 0.29) is 24.0 Å². The second-order valence-electron chi connectivity index (χ2n) is 5.59. The summed E-state index contributed by atoms with van der Waals surface area (Å²) in [7, 11) is 0. The predicted octanol–water partition coefficient (Wildman–Crippen LogP) is 2.46. The van der Waals surface area contributed by atoms with Gasteiger partial charge in [0.15, 0.2) is 5.96 Å². The van der Waals surface area contributed by atoms with Gasteiger partial charge in [0, 0.05) is 12.6 Å². The van der Waals surface area contributed by atoms with Crippen molar-refractivity contribution in [1.82, 2.24) is 10.2 Å². The van der Waals surface area contributed by atoms with E-state index in [9.17, 15) is 0 Å². The second-order valence-corrected chi connectivity index (χ2v) is 5.59. The van der Waals surface area contributed by atoms with Crippen molar-refractivity contribution in [3.63, 3.8) is 0 Å². The molecule has 1 heterocycles. The van der Waals surface area contributed by atoms with E-state index >= 15 is 0 Å². The summed E-state index contributed by atoms with van der Waals surface area (Å²) in [6.45, 7) is 6.76. The lowest BCUT2D eigenvalue weighted by molar-refractivity contribution is 0.273. The second kappa shape index (κ2) is 11.5. The average molecular weight is 432 g/mol. The van der Waals surface area contributed by atoms with Gasteiger partial charge in [0.2, 0.25) is 0 Å². The maximum atomic E-state index is 5.91. The zero-order chi connectivity index (χ0) is 15.6. The highest BCUT2D eigenvalue weighted by molar-refractivity contribution is 14.0. The Morgan fingerprint density at radius 2 is 2.17 bits per heavy atom. The SMILES string of the molecule is CCN1CCCC1CN=C(N)NCCCOc1ccccc1.I. The van der Waals surface area contributed by atoms with Crippen molar-refractivity contribution in [2.45, 2.75) is 32.2 Å². The van der Waals surface area contributed by atoms with Crippen molar-refractivity contribution in [3.8, 4) is 5.75 Å². The van der Waals surface area contributed by atoms with Gasteiger partial charge in [0.25, 0.3) is 0 Å². The van der Waals surface area contributed by atoms with E-state index in [1.165, 1.54) is 19.4 Å². The van der Waals surface area contributed by atoms with Crippen molar-refractivity contribution in [2.75, 3.05) is 32.8 Å². The minimum atomic E-state index is 0. The summed E-state index contributed by atoms with van der Waals surface area (Å²) in [6, 6.07) is 10.4. The number of nitrogens with zero attached hydrogens (tertiary/aromatic N) is 2. The molecule has 6 heteroatoms. The third kappa shape index (κ3) is 7.39. The Bertz CT molecular complexity index is 455. The molecule has 1 saturated heterocycles. The molecule has 1 aromatic rings. The van der Waals surface area contributed by atoms with Crippen LogP contribution in [0.5, 0.6) is 5.75 Å². The van der Waals surface area contributed by atoms with Crippen LogP contribution in [0.3, 0.4) is 0 Å². The number of likely N-dealkylation sites (tertiary alicyclic amines) is 1. The molecule has 5 nitrogen and oxygen atoms in total. The van der Waals surface area contributed by atoms with Gasteiger partial charge >= 0.3 is 0 Å². The van der Waals surface area contributed by atoms with Crippen molar-refractivity contribution in [2.24, 2.45) is 10.7 Å². The van der Waals surface area contributed by atoms with E-state index in [4.69, 9.17) is 10.5 Å². The number of benzene rings is 1. The molecule has 1 aromatic carbocycles. The summed E-state index contributed by atoms with van der Waals surface area (Å²) in [5.41, 5.74) is 5.91. The summed E-state index contributed by atoms with van der Waals surface area (Å²) >= 11 is 0. The molecule has 130 valence electrons. The van der Waals surface area contributed by atoms with Gasteiger partial charge in [-0.1, -0.05) is 25.1 Å². The molecule has 1 aliphatic rings. The van der Waals surface area contributed by atoms with E-state index in [0.717, 1.165) is 31.8 Å². The molecular weight excluding hydrogens is 403 g/mol. The minimum absolute atomic E-state index is 0. The van der Waals surface area contributed by atoms with Gasteiger partial charge in [0.05, 0.1) is 13.2 Å². The number of aliphatic imine (C=N–C) groups is 1. The highest BCUT2D eigenvalue weighted by Crippen LogP contribution is 2.16. The molecule has 0 aliphatic carbocycles. The molecule has 0 spiro atoms. The number of ether oxygens (including phenoxy) is 1. The van der Waals surface area contributed by atoms with Crippen LogP contribution in [0.1, 0.15) is 26.2 Å². The Kier molecular flexibility index (Phi) is 10.0. The highest BCUT2D eigenvalue weighted by Gasteiger charge is 2.22. The fourth-order valence-corrected chi connectivity index (χ4v) is 2.77. The predicted molar refractivity (Wildman–Crippen MR) is 107 cm³/mol. The fourth-order valence-electron chi connectivity index (χ4n) is 2.77. The molecule has 23 heavy (non-hydrogen) atoms. The van der Waals surface area contributed by atoms with Gasteiger partial charge in [-0.2, -0.15) is 0 Å². The van der Waals surface area contributed by atoms with Crippen molar-refractivity contribution >= 4 is 29.9 Å². The Morgan fingerprint density at radius 1 is 1.39 bits per heavy atom. The number of likely N-dealkylation sites (N-methyl/N-ethyl adjacent to an activating group) is 1. The Labute approximate surface area is 156 Å². The molecule has 3 N–H and O–H groups in total. The molecule has 0 saturated carbocycles. The minimum Gasteiger partial charge on any atom is -0.494 e. The number of para-hydroxylation sites is 1. The maximum Gasteiger partial charge on any atom is 0.188 e. The molecule has 0 aromatic heterocycles. The van der Waals surface area contributed by atoms with Crippen molar-refractivity contribution < 1.29 is 4.74 Å². The molecule has 1 unspecified atom stereocenters. The van der Waals surface area contributed by atoms with Crippen LogP contribution in [0.2, 0.25) is 0 Å². The number of hydrogen-bond donors (Lipinski definition) is 2. The number of hydrogen-bond acceptors (Lipinski definition) is 3. The number of rotatable bonds is 8. The standard InChI is InChI=1S/C17H28N4O.HI/c1-2-21-12-6-8-15(21)14-20-17(18)19-11-7-13-22-16-9-4-3-5-10-16;/h3-5,9-10,15H,2,6-8,11-14H2,1H3,(H3,18,19,20);1H. The van der Waals surface area contributed by atoms with Gasteiger partial charge in [-0.05, 0) is 44.5 Å². The maximum absolute atomic E-state index is 5.91. The van der Waals surface area contributed by atoms with Crippen LogP contribution in [0, 0.1) is 0 Å². The molecule has 0 radical (unpaired) electrons. The van der Waals surface area contributed by atoms with E-state index in [2.05, 4.69) is 22.1 Å². The third-order valence-electron chi connectivity index (χ3n) is 4.02. The first-order valence-electron chi connectivity index (χ1n) is 8.25. The summed E-state index contributed by atoms with van der Waals surface area (Å²) < 4.78 is 5.63. The lowest BCUT2D eigenvalue weighted by Crippen LogP contribution is -2.36. The summed E-state index contributed by atoms with van der Waals surface area (Å²) in [5.74, 6) is 1.45.